The maximum absolute atomic E-state index is 13.6. The van der Waals surface area contributed by atoms with Crippen LogP contribution in [-0.4, -0.2) is 15.9 Å². The van der Waals surface area contributed by atoms with Crippen molar-refractivity contribution in [3.05, 3.63) is 99.7 Å². The van der Waals surface area contributed by atoms with E-state index in [-0.39, 0.29) is 17.1 Å². The summed E-state index contributed by atoms with van der Waals surface area (Å²) in [5.41, 5.74) is 2.98. The number of anilines is 1. The highest BCUT2D eigenvalue weighted by Gasteiger charge is 2.45. The summed E-state index contributed by atoms with van der Waals surface area (Å²) in [7, 11) is 0. The van der Waals surface area contributed by atoms with Crippen molar-refractivity contribution in [3.8, 4) is 0 Å². The van der Waals surface area contributed by atoms with Gasteiger partial charge in [-0.1, -0.05) is 35.6 Å². The van der Waals surface area contributed by atoms with E-state index < -0.39 is 6.04 Å². The lowest BCUT2D eigenvalue weighted by Crippen LogP contribution is -2.29. The van der Waals surface area contributed by atoms with Crippen LogP contribution in [-0.2, 0) is 0 Å². The van der Waals surface area contributed by atoms with E-state index in [9.17, 15) is 9.59 Å². The molecule has 3 aromatic heterocycles. The molecule has 0 unspecified atom stereocenters. The Labute approximate surface area is 180 Å². The van der Waals surface area contributed by atoms with Crippen LogP contribution in [0.25, 0.3) is 21.2 Å². The van der Waals surface area contributed by atoms with Crippen LogP contribution in [0.2, 0.25) is 0 Å². The second kappa shape index (κ2) is 6.58. The summed E-state index contributed by atoms with van der Waals surface area (Å²) >= 11 is 1.41. The van der Waals surface area contributed by atoms with Crippen LogP contribution in [0.15, 0.2) is 76.1 Å². The zero-order valence-corrected chi connectivity index (χ0v) is 17.2. The van der Waals surface area contributed by atoms with E-state index in [0.717, 1.165) is 15.8 Å². The van der Waals surface area contributed by atoms with Crippen LogP contribution in [0, 0.1) is 6.92 Å². The zero-order chi connectivity index (χ0) is 21.1. The van der Waals surface area contributed by atoms with Gasteiger partial charge in [0.2, 0.25) is 5.76 Å². The third kappa shape index (κ3) is 2.63. The molecule has 7 heteroatoms. The molecule has 1 amide bonds. The normalized spacial score (nSPS) is 15.7. The van der Waals surface area contributed by atoms with Crippen molar-refractivity contribution in [2.75, 3.05) is 4.90 Å². The number of aromatic nitrogens is 2. The predicted molar refractivity (Wildman–Crippen MR) is 120 cm³/mol. The molecule has 31 heavy (non-hydrogen) atoms. The minimum atomic E-state index is -0.703. The van der Waals surface area contributed by atoms with Gasteiger partial charge in [0.15, 0.2) is 10.6 Å². The van der Waals surface area contributed by atoms with Crippen LogP contribution >= 0.6 is 11.3 Å². The first-order chi connectivity index (χ1) is 15.1. The summed E-state index contributed by atoms with van der Waals surface area (Å²) in [6, 6.07) is 17.7. The number of fused-ring (bicyclic) bond motifs is 3. The summed E-state index contributed by atoms with van der Waals surface area (Å²) < 4.78 is 6.93. The number of carbonyl (C=O) groups is 1. The first-order valence-electron chi connectivity index (χ1n) is 9.79. The third-order valence-electron chi connectivity index (χ3n) is 5.48. The van der Waals surface area contributed by atoms with Crippen molar-refractivity contribution in [2.45, 2.75) is 13.0 Å². The fourth-order valence-electron chi connectivity index (χ4n) is 4.06. The number of hydrogen-bond donors (Lipinski definition) is 0. The quantitative estimate of drug-likeness (QED) is 0.404. The Bertz CT molecular complexity index is 1560. The third-order valence-corrected chi connectivity index (χ3v) is 6.50. The molecule has 150 valence electrons. The van der Waals surface area contributed by atoms with Crippen LogP contribution in [0.1, 0.15) is 33.4 Å². The first-order valence-corrected chi connectivity index (χ1v) is 10.6. The summed E-state index contributed by atoms with van der Waals surface area (Å²) in [5.74, 6) is -0.334. The number of benzene rings is 2. The second-order valence-corrected chi connectivity index (χ2v) is 8.48. The van der Waals surface area contributed by atoms with Crippen molar-refractivity contribution in [1.29, 1.82) is 0 Å². The Morgan fingerprint density at radius 2 is 1.87 bits per heavy atom. The molecule has 1 atom stereocenters. The first kappa shape index (κ1) is 18.0. The molecule has 6 nitrogen and oxygen atoms in total. The van der Waals surface area contributed by atoms with Gasteiger partial charge < -0.3 is 4.42 Å². The molecule has 4 heterocycles. The summed E-state index contributed by atoms with van der Waals surface area (Å²) in [4.78, 5) is 37.7. The van der Waals surface area contributed by atoms with E-state index in [1.165, 1.54) is 16.2 Å². The molecule has 0 N–H and O–H groups in total. The van der Waals surface area contributed by atoms with Gasteiger partial charge in [0, 0.05) is 6.20 Å². The van der Waals surface area contributed by atoms with Crippen LogP contribution in [0.5, 0.6) is 0 Å². The predicted octanol–water partition coefficient (Wildman–Crippen LogP) is 4.86. The molecule has 0 radical (unpaired) electrons. The van der Waals surface area contributed by atoms with Crippen LogP contribution < -0.4 is 10.3 Å². The largest absolute Gasteiger partial charge is 0.450 e. The van der Waals surface area contributed by atoms with Gasteiger partial charge in [0.1, 0.15) is 11.6 Å². The number of thiazole rings is 1. The number of rotatable bonds is 2. The monoisotopic (exact) mass is 425 g/mol. The fraction of sp³-hybridized carbons (Fsp3) is 0.0833. The SMILES string of the molecule is Cc1ccc2nc(N3C(=O)c4oc5ccccc5c(=O)c4[C@H]3c3ccccn3)sc2c1. The average Bonchev–Trinajstić information content (AvgIpc) is 3.33. The molecule has 2 aromatic carbocycles. The minimum absolute atomic E-state index is 0.0507. The maximum Gasteiger partial charge on any atom is 0.297 e. The van der Waals surface area contributed by atoms with Gasteiger partial charge in [0.25, 0.3) is 5.91 Å². The summed E-state index contributed by atoms with van der Waals surface area (Å²) in [6.45, 7) is 2.01. The smallest absolute Gasteiger partial charge is 0.297 e. The highest BCUT2D eigenvalue weighted by Crippen LogP contribution is 2.43. The molecule has 5 aromatic rings. The van der Waals surface area contributed by atoms with Gasteiger partial charge in [-0.05, 0) is 48.9 Å². The van der Waals surface area contributed by atoms with Gasteiger partial charge in [-0.3, -0.25) is 19.5 Å². The Morgan fingerprint density at radius 1 is 1.03 bits per heavy atom. The summed E-state index contributed by atoms with van der Waals surface area (Å²) in [5, 5.41) is 0.952. The van der Waals surface area contributed by atoms with E-state index in [0.29, 0.717) is 27.4 Å². The van der Waals surface area contributed by atoms with Gasteiger partial charge in [0.05, 0.1) is 26.9 Å². The van der Waals surface area contributed by atoms with E-state index in [2.05, 4.69) is 4.98 Å². The number of nitrogens with zero attached hydrogens (tertiary/aromatic N) is 3. The lowest BCUT2D eigenvalue weighted by molar-refractivity contribution is 0.0970. The van der Waals surface area contributed by atoms with Crippen LogP contribution in [0.3, 0.4) is 0 Å². The molecule has 0 saturated carbocycles. The zero-order valence-electron chi connectivity index (χ0n) is 16.4. The number of carbonyl (C=O) groups excluding carboxylic acids is 1. The lowest BCUT2D eigenvalue weighted by Gasteiger charge is -2.21. The Balaban J connectivity index is 1.64. The van der Waals surface area contributed by atoms with Crippen molar-refractivity contribution in [1.82, 2.24) is 9.97 Å². The van der Waals surface area contributed by atoms with E-state index in [1.54, 1.807) is 36.5 Å². The van der Waals surface area contributed by atoms with Crippen molar-refractivity contribution >= 4 is 43.6 Å². The Kier molecular flexibility index (Phi) is 3.82. The number of hydrogen-bond acceptors (Lipinski definition) is 6. The van der Waals surface area contributed by atoms with E-state index in [1.807, 2.05) is 37.3 Å². The molecular formula is C24H15N3O3S. The van der Waals surface area contributed by atoms with Crippen molar-refractivity contribution in [3.63, 3.8) is 0 Å². The van der Waals surface area contributed by atoms with Gasteiger partial charge >= 0.3 is 0 Å². The highest BCUT2D eigenvalue weighted by atomic mass is 32.1. The van der Waals surface area contributed by atoms with Gasteiger partial charge in [-0.15, -0.1) is 0 Å². The fourth-order valence-corrected chi connectivity index (χ4v) is 5.15. The second-order valence-electron chi connectivity index (χ2n) is 7.47. The molecule has 0 spiro atoms. The standard InChI is InChI=1S/C24H15N3O3S/c1-13-9-10-15-18(12-13)31-24(26-15)27-20(16-7-4-5-11-25-16)19-21(28)14-6-2-3-8-17(14)30-22(19)23(27)29/h2-12,20H,1H3/t20-/m1/s1. The number of pyridine rings is 1. The van der Waals surface area contributed by atoms with Crippen LogP contribution in [0.4, 0.5) is 5.13 Å². The van der Waals surface area contributed by atoms with Crippen molar-refractivity contribution < 1.29 is 9.21 Å². The Hall–Kier alpha value is -3.84. The van der Waals surface area contributed by atoms with E-state index in [4.69, 9.17) is 9.40 Å². The molecule has 1 aliphatic rings. The maximum atomic E-state index is 13.6. The topological polar surface area (TPSA) is 76.3 Å². The molecule has 0 bridgehead atoms. The minimum Gasteiger partial charge on any atom is -0.450 e. The number of aryl methyl sites for hydroxylation is 1. The van der Waals surface area contributed by atoms with Gasteiger partial charge in [-0.25, -0.2) is 4.98 Å². The Morgan fingerprint density at radius 3 is 2.71 bits per heavy atom. The molecule has 0 aliphatic carbocycles. The van der Waals surface area contributed by atoms with E-state index >= 15 is 0 Å². The van der Waals surface area contributed by atoms with Gasteiger partial charge in [-0.2, -0.15) is 0 Å². The molecule has 0 fully saturated rings. The van der Waals surface area contributed by atoms with Crippen molar-refractivity contribution in [2.24, 2.45) is 0 Å². The molecule has 0 saturated heterocycles. The number of para-hydroxylation sites is 1. The number of amides is 1. The molecule has 1 aliphatic heterocycles. The molecule has 6 rings (SSSR count). The average molecular weight is 425 g/mol. The lowest BCUT2D eigenvalue weighted by atomic mass is 10.0. The molecular weight excluding hydrogens is 410 g/mol. The summed E-state index contributed by atoms with van der Waals surface area (Å²) in [6.07, 6.45) is 1.65. The highest BCUT2D eigenvalue weighted by molar-refractivity contribution is 7.22.